The largest absolute Gasteiger partial charge is 0.508 e. The van der Waals surface area contributed by atoms with E-state index < -0.39 is 18.3 Å². The van der Waals surface area contributed by atoms with Gasteiger partial charge in [0, 0.05) is 17.3 Å². The van der Waals surface area contributed by atoms with Crippen molar-refractivity contribution in [3.05, 3.63) is 36.4 Å². The molecule has 0 heterocycles. The van der Waals surface area contributed by atoms with Crippen LogP contribution >= 0.6 is 0 Å². The molecule has 1 amide bonds. The minimum Gasteiger partial charge on any atom is -0.508 e. The Morgan fingerprint density at radius 2 is 2.06 bits per heavy atom. The van der Waals surface area contributed by atoms with Crippen LogP contribution in [0, 0.1) is 0 Å². The Hall–Kier alpha value is -2.30. The number of carbonyl (C=O) groups is 2. The number of hydrogen-bond donors (Lipinski definition) is 3. The van der Waals surface area contributed by atoms with E-state index in [4.69, 9.17) is 10.2 Å². The van der Waals surface area contributed by atoms with Gasteiger partial charge < -0.3 is 15.5 Å². The van der Waals surface area contributed by atoms with E-state index in [0.717, 1.165) is 0 Å². The molecular weight excluding hydrogens is 210 g/mol. The molecule has 5 heteroatoms. The van der Waals surface area contributed by atoms with E-state index in [1.165, 1.54) is 12.1 Å². The molecule has 5 nitrogen and oxygen atoms in total. The first-order valence-electron chi connectivity index (χ1n) is 4.49. The lowest BCUT2D eigenvalue weighted by Gasteiger charge is -2.06. The smallest absolute Gasteiger partial charge is 0.308 e. The Morgan fingerprint density at radius 3 is 2.62 bits per heavy atom. The monoisotopic (exact) mass is 221 g/mol. The molecule has 0 fully saturated rings. The predicted octanol–water partition coefficient (Wildman–Crippen LogP) is 1.36. The van der Waals surface area contributed by atoms with Gasteiger partial charge in [-0.25, -0.2) is 0 Å². The van der Waals surface area contributed by atoms with Crippen molar-refractivity contribution in [2.24, 2.45) is 0 Å². The van der Waals surface area contributed by atoms with Gasteiger partial charge in [-0.05, 0) is 12.1 Å². The van der Waals surface area contributed by atoms with Crippen LogP contribution in [0.25, 0.3) is 0 Å². The molecule has 0 spiro atoms. The third-order valence-corrected chi connectivity index (χ3v) is 1.79. The summed E-state index contributed by atoms with van der Waals surface area (Å²) >= 11 is 0. The summed E-state index contributed by atoms with van der Waals surface area (Å²) in [5.41, 5.74) is 0.340. The molecule has 1 rings (SSSR count). The minimum absolute atomic E-state index is 0.0154. The summed E-state index contributed by atoms with van der Waals surface area (Å²) in [5, 5.41) is 20.0. The molecule has 84 valence electrons. The normalized spacial score (nSPS) is 9.50. The highest BCUT2D eigenvalue weighted by molar-refractivity contribution is 6.05. The summed E-state index contributed by atoms with van der Waals surface area (Å²) < 4.78 is 0. The van der Waals surface area contributed by atoms with Gasteiger partial charge in [-0.15, -0.1) is 0 Å². The topological polar surface area (TPSA) is 86.6 Å². The van der Waals surface area contributed by atoms with Gasteiger partial charge in [-0.2, -0.15) is 0 Å². The molecule has 0 bridgehead atoms. The van der Waals surface area contributed by atoms with Gasteiger partial charge in [0.25, 0.3) is 5.91 Å². The fourth-order valence-corrected chi connectivity index (χ4v) is 1.07. The Morgan fingerprint density at radius 1 is 1.38 bits per heavy atom. The summed E-state index contributed by atoms with van der Waals surface area (Å²) in [6.07, 6.45) is -0.412. The van der Waals surface area contributed by atoms with Crippen LogP contribution in [-0.4, -0.2) is 22.1 Å². The summed E-state index contributed by atoms with van der Waals surface area (Å²) in [6, 6.07) is 5.95. The third-order valence-electron chi connectivity index (χ3n) is 1.79. The van der Waals surface area contributed by atoms with Crippen molar-refractivity contribution in [2.45, 2.75) is 6.42 Å². The standard InChI is InChI=1S/C11H11NO4/c1-7(5-10(14)15)11(16)12-8-3-2-4-9(13)6-8/h2-4,6,13H,1,5H2,(H,12,16)(H,14,15). The lowest BCUT2D eigenvalue weighted by atomic mass is 10.2. The molecule has 0 atom stereocenters. The summed E-state index contributed by atoms with van der Waals surface area (Å²) in [4.78, 5) is 21.7. The molecule has 0 aliphatic carbocycles. The van der Waals surface area contributed by atoms with Crippen LogP contribution < -0.4 is 5.32 Å². The number of rotatable bonds is 4. The predicted molar refractivity (Wildman–Crippen MR) is 58.1 cm³/mol. The highest BCUT2D eigenvalue weighted by Crippen LogP contribution is 2.16. The molecule has 0 saturated carbocycles. The first-order chi connectivity index (χ1) is 7.49. The zero-order chi connectivity index (χ0) is 12.1. The maximum atomic E-state index is 11.4. The van der Waals surface area contributed by atoms with Gasteiger partial charge in [0.15, 0.2) is 0 Å². The number of benzene rings is 1. The molecule has 0 radical (unpaired) electrons. The van der Waals surface area contributed by atoms with Crippen molar-refractivity contribution in [1.29, 1.82) is 0 Å². The zero-order valence-electron chi connectivity index (χ0n) is 8.43. The number of anilines is 1. The Bertz CT molecular complexity index is 439. The average Bonchev–Trinajstić information content (AvgIpc) is 2.16. The van der Waals surface area contributed by atoms with E-state index in [0.29, 0.717) is 5.69 Å². The number of aliphatic carboxylic acids is 1. The fourth-order valence-electron chi connectivity index (χ4n) is 1.07. The fraction of sp³-hybridized carbons (Fsp3) is 0.0909. The Balaban J connectivity index is 2.64. The maximum Gasteiger partial charge on any atom is 0.308 e. The first-order valence-corrected chi connectivity index (χ1v) is 4.49. The third kappa shape index (κ3) is 3.45. The number of carboxylic acids is 1. The molecule has 0 aliphatic heterocycles. The van der Waals surface area contributed by atoms with Gasteiger partial charge >= 0.3 is 5.97 Å². The van der Waals surface area contributed by atoms with Gasteiger partial charge in [0.2, 0.25) is 0 Å². The highest BCUT2D eigenvalue weighted by atomic mass is 16.4. The van der Waals surface area contributed by atoms with Crippen LogP contribution in [0.2, 0.25) is 0 Å². The number of hydrogen-bond acceptors (Lipinski definition) is 3. The van der Waals surface area contributed by atoms with Crippen molar-refractivity contribution in [3.8, 4) is 5.75 Å². The second kappa shape index (κ2) is 4.97. The quantitative estimate of drug-likeness (QED) is 0.670. The molecule has 0 aliphatic rings. The molecule has 0 saturated heterocycles. The number of phenolic OH excluding ortho intramolecular Hbond substituents is 1. The van der Waals surface area contributed by atoms with Gasteiger partial charge in [0.1, 0.15) is 5.75 Å². The Kier molecular flexibility index (Phi) is 3.66. The van der Waals surface area contributed by atoms with E-state index in [-0.39, 0.29) is 11.3 Å². The molecular formula is C11H11NO4. The van der Waals surface area contributed by atoms with Crippen molar-refractivity contribution in [2.75, 3.05) is 5.32 Å². The van der Waals surface area contributed by atoms with E-state index in [1.807, 2.05) is 0 Å². The minimum atomic E-state index is -1.11. The molecule has 1 aromatic carbocycles. The van der Waals surface area contributed by atoms with Gasteiger partial charge in [-0.3, -0.25) is 9.59 Å². The number of phenols is 1. The lowest BCUT2D eigenvalue weighted by molar-refractivity contribution is -0.136. The number of carbonyl (C=O) groups excluding carboxylic acids is 1. The van der Waals surface area contributed by atoms with Crippen molar-refractivity contribution >= 4 is 17.6 Å². The Labute approximate surface area is 92.0 Å². The summed E-state index contributed by atoms with van der Waals surface area (Å²) in [6.45, 7) is 3.36. The molecule has 0 aromatic heterocycles. The summed E-state index contributed by atoms with van der Waals surface area (Å²) in [7, 11) is 0. The van der Waals surface area contributed by atoms with E-state index in [2.05, 4.69) is 11.9 Å². The van der Waals surface area contributed by atoms with E-state index in [1.54, 1.807) is 12.1 Å². The van der Waals surface area contributed by atoms with Crippen molar-refractivity contribution in [3.63, 3.8) is 0 Å². The number of aromatic hydroxyl groups is 1. The van der Waals surface area contributed by atoms with E-state index in [9.17, 15) is 9.59 Å². The zero-order valence-corrected chi connectivity index (χ0v) is 8.43. The SMILES string of the molecule is C=C(CC(=O)O)C(=O)Nc1cccc(O)c1. The van der Waals surface area contributed by atoms with Crippen molar-refractivity contribution < 1.29 is 19.8 Å². The first kappa shape index (κ1) is 11.8. The van der Waals surface area contributed by atoms with Crippen LogP contribution in [-0.2, 0) is 9.59 Å². The van der Waals surface area contributed by atoms with Crippen LogP contribution in [0.5, 0.6) is 5.75 Å². The van der Waals surface area contributed by atoms with Crippen molar-refractivity contribution in [1.82, 2.24) is 0 Å². The second-order valence-corrected chi connectivity index (χ2v) is 3.18. The number of amides is 1. The molecule has 16 heavy (non-hydrogen) atoms. The van der Waals surface area contributed by atoms with Gasteiger partial charge in [0.05, 0.1) is 6.42 Å². The van der Waals surface area contributed by atoms with Crippen LogP contribution in [0.3, 0.4) is 0 Å². The number of carboxylic acid groups (broad SMARTS) is 1. The van der Waals surface area contributed by atoms with Crippen LogP contribution in [0.1, 0.15) is 6.42 Å². The lowest BCUT2D eigenvalue weighted by Crippen LogP contribution is -2.15. The maximum absolute atomic E-state index is 11.4. The van der Waals surface area contributed by atoms with Crippen LogP contribution in [0.4, 0.5) is 5.69 Å². The van der Waals surface area contributed by atoms with E-state index >= 15 is 0 Å². The number of nitrogens with one attached hydrogen (secondary N) is 1. The van der Waals surface area contributed by atoms with Gasteiger partial charge in [-0.1, -0.05) is 12.6 Å². The van der Waals surface area contributed by atoms with Crippen LogP contribution in [0.15, 0.2) is 36.4 Å². The average molecular weight is 221 g/mol. The molecule has 3 N–H and O–H groups in total. The second-order valence-electron chi connectivity index (χ2n) is 3.18. The summed E-state index contributed by atoms with van der Waals surface area (Å²) in [5.74, 6) is -1.68. The highest BCUT2D eigenvalue weighted by Gasteiger charge is 2.10. The molecule has 1 aromatic rings. The molecule has 0 unspecified atom stereocenters.